The van der Waals surface area contributed by atoms with Crippen LogP contribution in [0.1, 0.15) is 29.6 Å². The van der Waals surface area contributed by atoms with Crippen molar-refractivity contribution in [3.8, 4) is 5.75 Å². The Morgan fingerprint density at radius 2 is 2.19 bits per heavy atom. The van der Waals surface area contributed by atoms with Gasteiger partial charge in [0.15, 0.2) is 5.75 Å². The summed E-state index contributed by atoms with van der Waals surface area (Å²) in [5.74, 6) is -0.401. The predicted octanol–water partition coefficient (Wildman–Crippen LogP) is 1.24. The van der Waals surface area contributed by atoms with Crippen molar-refractivity contribution in [2.45, 2.75) is 25.3 Å². The number of nitrogens with two attached hydrogens (primary N) is 1. The van der Waals surface area contributed by atoms with Crippen molar-refractivity contribution < 1.29 is 19.4 Å². The lowest BCUT2D eigenvalue weighted by Gasteiger charge is -2.31. The molecule has 1 aromatic rings. The van der Waals surface area contributed by atoms with E-state index in [9.17, 15) is 14.7 Å². The zero-order chi connectivity index (χ0) is 15.0. The number of aromatic carboxylic acids is 1. The highest BCUT2D eigenvalue weighted by Gasteiger charge is 2.33. The molecule has 1 amide bonds. The molecule has 3 rings (SSSR count). The zero-order valence-electron chi connectivity index (χ0n) is 11.6. The van der Waals surface area contributed by atoms with E-state index in [4.69, 9.17) is 10.5 Å². The molecule has 0 bridgehead atoms. The van der Waals surface area contributed by atoms with Gasteiger partial charge in [-0.2, -0.15) is 0 Å². The Morgan fingerprint density at radius 3 is 2.86 bits per heavy atom. The lowest BCUT2D eigenvalue weighted by Crippen LogP contribution is -2.41. The number of nitrogens with zero attached hydrogens (tertiary/aromatic N) is 1. The normalized spacial score (nSPS) is 18.6. The summed E-state index contributed by atoms with van der Waals surface area (Å²) in [4.78, 5) is 25.2. The average Bonchev–Trinajstić information content (AvgIpc) is 3.30. The van der Waals surface area contributed by atoms with Crippen molar-refractivity contribution in [1.82, 2.24) is 0 Å². The van der Waals surface area contributed by atoms with Crippen LogP contribution in [0.4, 0.5) is 5.69 Å². The minimum absolute atomic E-state index is 0.0681. The highest BCUT2D eigenvalue weighted by atomic mass is 16.5. The Morgan fingerprint density at radius 1 is 1.43 bits per heavy atom. The van der Waals surface area contributed by atoms with Crippen LogP contribution < -0.4 is 15.4 Å². The van der Waals surface area contributed by atoms with Crippen LogP contribution in [-0.4, -0.2) is 36.2 Å². The number of carbonyl (C=O) groups is 2. The molecular weight excluding hydrogens is 272 g/mol. The van der Waals surface area contributed by atoms with Gasteiger partial charge in [0.25, 0.3) is 0 Å². The summed E-state index contributed by atoms with van der Waals surface area (Å²) in [6.07, 6.45) is 2.48. The first-order valence-electron chi connectivity index (χ1n) is 7.13. The second-order valence-electron chi connectivity index (χ2n) is 5.56. The summed E-state index contributed by atoms with van der Waals surface area (Å²) in [7, 11) is 0. The lowest BCUT2D eigenvalue weighted by atomic mass is 10.1. The van der Waals surface area contributed by atoms with Crippen LogP contribution in [0.5, 0.6) is 5.75 Å². The Hall–Kier alpha value is -2.08. The number of amides is 1. The van der Waals surface area contributed by atoms with E-state index in [1.54, 1.807) is 17.0 Å². The number of ether oxygens (including phenoxy) is 1. The number of benzene rings is 1. The summed E-state index contributed by atoms with van der Waals surface area (Å²) >= 11 is 0. The van der Waals surface area contributed by atoms with Gasteiger partial charge in [0, 0.05) is 12.5 Å². The smallest absolute Gasteiger partial charge is 0.339 e. The van der Waals surface area contributed by atoms with E-state index in [0.717, 1.165) is 12.8 Å². The maximum atomic E-state index is 12.4. The highest BCUT2D eigenvalue weighted by Crippen LogP contribution is 2.37. The molecule has 0 radical (unpaired) electrons. The Labute approximate surface area is 122 Å². The van der Waals surface area contributed by atoms with E-state index in [-0.39, 0.29) is 23.3 Å². The molecule has 1 aliphatic heterocycles. The third-order valence-electron chi connectivity index (χ3n) is 4.02. The van der Waals surface area contributed by atoms with Crippen LogP contribution in [0, 0.1) is 5.92 Å². The van der Waals surface area contributed by atoms with Crippen LogP contribution in [-0.2, 0) is 4.79 Å². The molecule has 1 saturated carbocycles. The number of fused-ring (bicyclic) bond motifs is 1. The number of carboxylic acid groups (broad SMARTS) is 1. The fourth-order valence-corrected chi connectivity index (χ4v) is 2.68. The maximum absolute atomic E-state index is 12.4. The number of carbonyl (C=O) groups excluding carboxylic acids is 1. The van der Waals surface area contributed by atoms with E-state index >= 15 is 0 Å². The van der Waals surface area contributed by atoms with Crippen LogP contribution in [0.15, 0.2) is 18.2 Å². The van der Waals surface area contributed by atoms with E-state index in [2.05, 4.69) is 0 Å². The molecule has 1 fully saturated rings. The topological polar surface area (TPSA) is 92.9 Å². The van der Waals surface area contributed by atoms with Crippen molar-refractivity contribution in [1.29, 1.82) is 0 Å². The van der Waals surface area contributed by atoms with E-state index in [0.29, 0.717) is 31.2 Å². The van der Waals surface area contributed by atoms with Crippen LogP contribution >= 0.6 is 0 Å². The second kappa shape index (κ2) is 5.37. The Bertz CT molecular complexity index is 583. The third-order valence-corrected chi connectivity index (χ3v) is 4.02. The summed E-state index contributed by atoms with van der Waals surface area (Å²) in [5, 5.41) is 9.19. The van der Waals surface area contributed by atoms with Gasteiger partial charge in [0.2, 0.25) is 5.91 Å². The molecule has 1 aromatic carbocycles. The van der Waals surface area contributed by atoms with E-state index in [1.165, 1.54) is 6.07 Å². The van der Waals surface area contributed by atoms with Gasteiger partial charge in [-0.25, -0.2) is 4.79 Å². The molecule has 0 saturated heterocycles. The molecule has 6 nitrogen and oxygen atoms in total. The van der Waals surface area contributed by atoms with Crippen molar-refractivity contribution >= 4 is 17.6 Å². The summed E-state index contributed by atoms with van der Waals surface area (Å²) in [6, 6.07) is 4.71. The molecule has 1 aliphatic carbocycles. The summed E-state index contributed by atoms with van der Waals surface area (Å²) < 4.78 is 5.46. The molecule has 0 spiro atoms. The zero-order valence-corrected chi connectivity index (χ0v) is 11.6. The summed E-state index contributed by atoms with van der Waals surface area (Å²) in [5.41, 5.74) is 6.61. The minimum atomic E-state index is -1.06. The van der Waals surface area contributed by atoms with Crippen LogP contribution in [0.2, 0.25) is 0 Å². The average molecular weight is 290 g/mol. The van der Waals surface area contributed by atoms with Crippen molar-refractivity contribution in [3.05, 3.63) is 23.8 Å². The minimum Gasteiger partial charge on any atom is -0.489 e. The number of rotatable bonds is 4. The number of anilines is 1. The van der Waals surface area contributed by atoms with Gasteiger partial charge in [-0.1, -0.05) is 6.07 Å². The lowest BCUT2D eigenvalue weighted by molar-refractivity contribution is -0.119. The Balaban J connectivity index is 1.84. The van der Waals surface area contributed by atoms with E-state index < -0.39 is 5.97 Å². The second-order valence-corrected chi connectivity index (χ2v) is 5.56. The monoisotopic (exact) mass is 290 g/mol. The van der Waals surface area contributed by atoms with Crippen molar-refractivity contribution in [2.24, 2.45) is 11.7 Å². The standard InChI is InChI=1S/C15H18N2O4/c16-11(9-4-5-9)8-13(18)17-6-7-21-14-10(15(19)20)2-1-3-12(14)17/h1-3,9,11H,4-8,16H2,(H,19,20). The number of para-hydroxylation sites is 1. The highest BCUT2D eigenvalue weighted by molar-refractivity contribution is 6.00. The van der Waals surface area contributed by atoms with Gasteiger partial charge in [-0.15, -0.1) is 0 Å². The van der Waals surface area contributed by atoms with Crippen LogP contribution in [0.3, 0.4) is 0 Å². The van der Waals surface area contributed by atoms with Gasteiger partial charge in [-0.3, -0.25) is 4.79 Å². The first-order chi connectivity index (χ1) is 10.1. The first-order valence-corrected chi connectivity index (χ1v) is 7.13. The third kappa shape index (κ3) is 2.71. The van der Waals surface area contributed by atoms with Gasteiger partial charge in [0.05, 0.1) is 12.2 Å². The van der Waals surface area contributed by atoms with Gasteiger partial charge >= 0.3 is 5.97 Å². The van der Waals surface area contributed by atoms with Gasteiger partial charge in [0.1, 0.15) is 12.2 Å². The van der Waals surface area contributed by atoms with Gasteiger partial charge in [-0.05, 0) is 30.9 Å². The quantitative estimate of drug-likeness (QED) is 0.870. The molecule has 0 aromatic heterocycles. The maximum Gasteiger partial charge on any atom is 0.339 e. The van der Waals surface area contributed by atoms with Crippen molar-refractivity contribution in [2.75, 3.05) is 18.1 Å². The van der Waals surface area contributed by atoms with Gasteiger partial charge < -0.3 is 20.5 Å². The molecule has 3 N–H and O–H groups in total. The molecular formula is C15H18N2O4. The fourth-order valence-electron chi connectivity index (χ4n) is 2.68. The number of hydrogen-bond donors (Lipinski definition) is 2. The summed E-state index contributed by atoms with van der Waals surface area (Å²) in [6.45, 7) is 0.716. The number of carboxylic acids is 1. The predicted molar refractivity (Wildman–Crippen MR) is 76.6 cm³/mol. The molecule has 2 aliphatic rings. The van der Waals surface area contributed by atoms with E-state index in [1.807, 2.05) is 0 Å². The molecule has 1 atom stereocenters. The molecule has 6 heteroatoms. The molecule has 21 heavy (non-hydrogen) atoms. The molecule has 1 unspecified atom stereocenters. The van der Waals surface area contributed by atoms with Crippen LogP contribution in [0.25, 0.3) is 0 Å². The largest absolute Gasteiger partial charge is 0.489 e. The SMILES string of the molecule is NC(CC(=O)N1CCOc2c(C(=O)O)cccc21)C1CC1. The van der Waals surface area contributed by atoms with Crippen molar-refractivity contribution in [3.63, 3.8) is 0 Å². The Kier molecular flexibility index (Phi) is 3.55. The first kappa shape index (κ1) is 13.9. The number of hydrogen-bond acceptors (Lipinski definition) is 4. The molecule has 1 heterocycles. The molecule has 112 valence electrons. The fraction of sp³-hybridized carbons (Fsp3) is 0.467.